The van der Waals surface area contributed by atoms with Crippen molar-refractivity contribution in [2.24, 2.45) is 0 Å². The zero-order chi connectivity index (χ0) is 16.2. The molecule has 5 nitrogen and oxygen atoms in total. The standard InChI is InChI=1S/C15H17Cl2N5S/c16-10-4-1-5-11(13(10)17)23-15-14(18)22-12(8-21-15)20-7-9-3-2-6-19-9/h1,4-5,8-9,19H,2-3,6-7H2,(H3,18,20,22). The van der Waals surface area contributed by atoms with Gasteiger partial charge in [-0.3, -0.25) is 0 Å². The molecule has 3 rings (SSSR count). The van der Waals surface area contributed by atoms with Crippen LogP contribution in [0.25, 0.3) is 0 Å². The van der Waals surface area contributed by atoms with Crippen LogP contribution in [-0.4, -0.2) is 29.1 Å². The Kier molecular flexibility index (Phi) is 5.48. The number of nitrogens with two attached hydrogens (primary N) is 1. The smallest absolute Gasteiger partial charge is 0.158 e. The SMILES string of the molecule is Nc1nc(NCC2CCCN2)cnc1Sc1cccc(Cl)c1Cl. The van der Waals surface area contributed by atoms with E-state index in [9.17, 15) is 0 Å². The monoisotopic (exact) mass is 369 g/mol. The van der Waals surface area contributed by atoms with E-state index >= 15 is 0 Å². The highest BCUT2D eigenvalue weighted by Gasteiger charge is 2.14. The van der Waals surface area contributed by atoms with Gasteiger partial charge in [0.05, 0.1) is 16.2 Å². The Morgan fingerprint density at radius 2 is 2.26 bits per heavy atom. The van der Waals surface area contributed by atoms with Gasteiger partial charge in [-0.25, -0.2) is 9.97 Å². The van der Waals surface area contributed by atoms with Crippen LogP contribution in [0.2, 0.25) is 10.0 Å². The predicted octanol–water partition coefficient (Wildman–Crippen LogP) is 3.68. The second-order valence-corrected chi connectivity index (χ2v) is 7.09. The van der Waals surface area contributed by atoms with Crippen molar-refractivity contribution in [2.75, 3.05) is 24.1 Å². The van der Waals surface area contributed by atoms with Crippen LogP contribution in [0, 0.1) is 0 Å². The molecule has 1 aliphatic rings. The lowest BCUT2D eigenvalue weighted by atomic mass is 10.2. The van der Waals surface area contributed by atoms with Crippen LogP contribution in [0.1, 0.15) is 12.8 Å². The van der Waals surface area contributed by atoms with E-state index in [-0.39, 0.29) is 0 Å². The van der Waals surface area contributed by atoms with Crippen molar-refractivity contribution in [3.8, 4) is 0 Å². The zero-order valence-electron chi connectivity index (χ0n) is 12.4. The first-order valence-corrected chi connectivity index (χ1v) is 8.92. The first-order valence-electron chi connectivity index (χ1n) is 7.35. The van der Waals surface area contributed by atoms with Crippen molar-refractivity contribution in [1.29, 1.82) is 0 Å². The molecule has 8 heteroatoms. The van der Waals surface area contributed by atoms with Crippen molar-refractivity contribution in [3.05, 3.63) is 34.4 Å². The maximum atomic E-state index is 6.19. The van der Waals surface area contributed by atoms with Gasteiger partial charge >= 0.3 is 0 Å². The highest BCUT2D eigenvalue weighted by Crippen LogP contribution is 2.37. The fourth-order valence-electron chi connectivity index (χ4n) is 2.38. The topological polar surface area (TPSA) is 75.9 Å². The summed E-state index contributed by atoms with van der Waals surface area (Å²) in [5.74, 6) is 1.05. The van der Waals surface area contributed by atoms with E-state index in [4.69, 9.17) is 28.9 Å². The highest BCUT2D eigenvalue weighted by molar-refractivity contribution is 7.99. The number of hydrogen-bond donors (Lipinski definition) is 3. The predicted molar refractivity (Wildman–Crippen MR) is 96.5 cm³/mol. The van der Waals surface area contributed by atoms with E-state index in [1.54, 1.807) is 12.3 Å². The third-order valence-electron chi connectivity index (χ3n) is 3.58. The molecule has 1 unspecified atom stereocenters. The molecule has 23 heavy (non-hydrogen) atoms. The molecule has 1 saturated heterocycles. The molecule has 0 amide bonds. The quantitative estimate of drug-likeness (QED) is 0.746. The van der Waals surface area contributed by atoms with Crippen LogP contribution in [0.5, 0.6) is 0 Å². The molecule has 122 valence electrons. The first-order chi connectivity index (χ1) is 11.1. The van der Waals surface area contributed by atoms with Gasteiger partial charge in [0.2, 0.25) is 0 Å². The van der Waals surface area contributed by atoms with Gasteiger partial charge in [-0.15, -0.1) is 0 Å². The van der Waals surface area contributed by atoms with Crippen LogP contribution in [0.3, 0.4) is 0 Å². The average Bonchev–Trinajstić information content (AvgIpc) is 3.05. The summed E-state index contributed by atoms with van der Waals surface area (Å²) >= 11 is 13.6. The number of nitrogens with one attached hydrogen (secondary N) is 2. The number of hydrogen-bond acceptors (Lipinski definition) is 6. The van der Waals surface area contributed by atoms with Gasteiger partial charge in [0, 0.05) is 17.5 Å². The van der Waals surface area contributed by atoms with Crippen molar-refractivity contribution in [1.82, 2.24) is 15.3 Å². The molecule has 2 aromatic rings. The Balaban J connectivity index is 1.67. The van der Waals surface area contributed by atoms with E-state index in [0.717, 1.165) is 18.0 Å². The van der Waals surface area contributed by atoms with Crippen molar-refractivity contribution in [3.63, 3.8) is 0 Å². The van der Waals surface area contributed by atoms with Crippen LogP contribution < -0.4 is 16.4 Å². The Labute approximate surface area is 149 Å². The maximum absolute atomic E-state index is 6.19. The van der Waals surface area contributed by atoms with Crippen LogP contribution in [0.4, 0.5) is 11.6 Å². The highest BCUT2D eigenvalue weighted by atomic mass is 35.5. The number of rotatable bonds is 5. The molecule has 0 spiro atoms. The fraction of sp³-hybridized carbons (Fsp3) is 0.333. The molecule has 0 radical (unpaired) electrons. The lowest BCUT2D eigenvalue weighted by Crippen LogP contribution is -2.29. The second-order valence-electron chi connectivity index (χ2n) is 5.27. The van der Waals surface area contributed by atoms with E-state index in [1.807, 2.05) is 12.1 Å². The number of benzene rings is 1. The van der Waals surface area contributed by atoms with E-state index in [0.29, 0.717) is 32.7 Å². The molecule has 1 aromatic carbocycles. The largest absolute Gasteiger partial charge is 0.381 e. The molecule has 0 bridgehead atoms. The van der Waals surface area contributed by atoms with E-state index in [2.05, 4.69) is 20.6 Å². The third-order valence-corrected chi connectivity index (χ3v) is 5.58. The number of anilines is 2. The number of halogens is 2. The molecule has 1 aliphatic heterocycles. The normalized spacial score (nSPS) is 17.4. The minimum atomic E-state index is 0.371. The van der Waals surface area contributed by atoms with Gasteiger partial charge < -0.3 is 16.4 Å². The summed E-state index contributed by atoms with van der Waals surface area (Å²) in [6, 6.07) is 5.94. The molecule has 2 heterocycles. The minimum absolute atomic E-state index is 0.371. The van der Waals surface area contributed by atoms with Gasteiger partial charge in [0.25, 0.3) is 0 Å². The van der Waals surface area contributed by atoms with E-state index < -0.39 is 0 Å². The molecule has 0 saturated carbocycles. The van der Waals surface area contributed by atoms with Gasteiger partial charge in [-0.2, -0.15) is 0 Å². The first kappa shape index (κ1) is 16.6. The van der Waals surface area contributed by atoms with Crippen molar-refractivity contribution in [2.45, 2.75) is 28.8 Å². The molecule has 1 atom stereocenters. The van der Waals surface area contributed by atoms with Gasteiger partial charge in [0.15, 0.2) is 5.82 Å². The molecule has 1 fully saturated rings. The molecular weight excluding hydrogens is 353 g/mol. The summed E-state index contributed by atoms with van der Waals surface area (Å²) < 4.78 is 0. The van der Waals surface area contributed by atoms with Gasteiger partial charge in [0.1, 0.15) is 10.8 Å². The van der Waals surface area contributed by atoms with Gasteiger partial charge in [-0.05, 0) is 31.5 Å². The third kappa shape index (κ3) is 4.20. The number of nitrogens with zero attached hydrogens (tertiary/aromatic N) is 2. The Hall–Kier alpha value is -1.21. The summed E-state index contributed by atoms with van der Waals surface area (Å²) in [4.78, 5) is 9.54. The Bertz CT molecular complexity index is 692. The van der Waals surface area contributed by atoms with Crippen molar-refractivity contribution >= 4 is 46.6 Å². The second kappa shape index (κ2) is 7.57. The lowest BCUT2D eigenvalue weighted by Gasteiger charge is -2.13. The molecule has 0 aliphatic carbocycles. The fourth-order valence-corrected chi connectivity index (χ4v) is 3.66. The van der Waals surface area contributed by atoms with Crippen molar-refractivity contribution < 1.29 is 0 Å². The van der Waals surface area contributed by atoms with Crippen LogP contribution in [0.15, 0.2) is 34.3 Å². The minimum Gasteiger partial charge on any atom is -0.381 e. The lowest BCUT2D eigenvalue weighted by molar-refractivity contribution is 0.632. The van der Waals surface area contributed by atoms with Crippen LogP contribution >= 0.6 is 35.0 Å². The maximum Gasteiger partial charge on any atom is 0.158 e. The summed E-state index contributed by atoms with van der Waals surface area (Å²) in [5.41, 5.74) is 6.01. The number of aromatic nitrogens is 2. The number of nitrogen functional groups attached to an aromatic ring is 1. The molecule has 1 aromatic heterocycles. The average molecular weight is 370 g/mol. The Morgan fingerprint density at radius 3 is 3.00 bits per heavy atom. The van der Waals surface area contributed by atoms with Gasteiger partial charge in [-0.1, -0.05) is 41.0 Å². The molecule has 4 N–H and O–H groups in total. The summed E-state index contributed by atoms with van der Waals surface area (Å²) in [6.45, 7) is 1.90. The Morgan fingerprint density at radius 1 is 1.39 bits per heavy atom. The molecular formula is C15H17Cl2N5S. The zero-order valence-corrected chi connectivity index (χ0v) is 14.7. The van der Waals surface area contributed by atoms with E-state index in [1.165, 1.54) is 24.6 Å². The van der Waals surface area contributed by atoms with Crippen LogP contribution in [-0.2, 0) is 0 Å². The summed E-state index contributed by atoms with van der Waals surface area (Å²) in [6.07, 6.45) is 4.08. The summed E-state index contributed by atoms with van der Waals surface area (Å²) in [7, 11) is 0. The summed E-state index contributed by atoms with van der Waals surface area (Å²) in [5, 5.41) is 8.30.